The van der Waals surface area contributed by atoms with Gasteiger partial charge in [-0.3, -0.25) is 4.79 Å². The van der Waals surface area contributed by atoms with Crippen LogP contribution in [0.1, 0.15) is 44.9 Å². The van der Waals surface area contributed by atoms with Gasteiger partial charge in [0.2, 0.25) is 5.91 Å². The summed E-state index contributed by atoms with van der Waals surface area (Å²) >= 11 is 0. The first-order chi connectivity index (χ1) is 13.8. The molecule has 3 rings (SSSR count). The maximum atomic E-state index is 12.6. The molecule has 1 aromatic rings. The van der Waals surface area contributed by atoms with Crippen LogP contribution in [0.4, 0.5) is 10.5 Å². The Morgan fingerprint density at radius 1 is 1.03 bits per heavy atom. The van der Waals surface area contributed by atoms with E-state index >= 15 is 0 Å². The molecule has 0 spiro atoms. The molecule has 1 aromatic carbocycles. The summed E-state index contributed by atoms with van der Waals surface area (Å²) in [4.78, 5) is 28.6. The number of nitrogens with zero attached hydrogens (tertiary/aromatic N) is 2. The number of carbonyl (C=O) groups is 2. The molecule has 7 heteroatoms. The van der Waals surface area contributed by atoms with Crippen molar-refractivity contribution in [3.63, 3.8) is 0 Å². The quantitative estimate of drug-likeness (QED) is 0.764. The molecular formula is C22H34N4O3. The lowest BCUT2D eigenvalue weighted by molar-refractivity contribution is -0.136. The van der Waals surface area contributed by atoms with E-state index < -0.39 is 12.1 Å². The van der Waals surface area contributed by atoms with Gasteiger partial charge in [-0.15, -0.1) is 0 Å². The van der Waals surface area contributed by atoms with Gasteiger partial charge in [0.1, 0.15) is 5.75 Å². The third-order valence-electron chi connectivity index (χ3n) is 6.42. The molecule has 2 aliphatic carbocycles. The third-order valence-corrected chi connectivity index (χ3v) is 6.42. The minimum atomic E-state index is -0.441. The fraction of sp³-hybridized carbons (Fsp3) is 0.636. The van der Waals surface area contributed by atoms with Gasteiger partial charge >= 0.3 is 6.09 Å². The number of carbonyl (C=O) groups excluding carboxylic acids is 2. The lowest BCUT2D eigenvalue weighted by Gasteiger charge is -2.38. The molecule has 160 valence electrons. The summed E-state index contributed by atoms with van der Waals surface area (Å²) < 4.78 is 5.39. The highest BCUT2D eigenvalue weighted by molar-refractivity contribution is 5.82. The summed E-state index contributed by atoms with van der Waals surface area (Å²) in [7, 11) is 5.80. The van der Waals surface area contributed by atoms with Crippen LogP contribution in [0, 0.1) is 5.92 Å². The van der Waals surface area contributed by atoms with Crippen LogP contribution in [0.25, 0.3) is 0 Å². The summed E-state index contributed by atoms with van der Waals surface area (Å²) in [5.74, 6) is 0.762. The van der Waals surface area contributed by atoms with Crippen LogP contribution >= 0.6 is 0 Å². The second-order valence-electron chi connectivity index (χ2n) is 8.59. The van der Waals surface area contributed by atoms with E-state index in [0.717, 1.165) is 44.2 Å². The first-order valence-corrected chi connectivity index (χ1v) is 10.6. The molecule has 2 fully saturated rings. The SMILES string of the molecule is CN(C)c1ccc(OC(=O)NC2CCC([C@H](N)C(=O)N(C)C3CCC3)CC2)cc1. The van der Waals surface area contributed by atoms with Crippen molar-refractivity contribution in [2.75, 3.05) is 26.0 Å². The van der Waals surface area contributed by atoms with Crippen LogP contribution in [0.15, 0.2) is 24.3 Å². The summed E-state index contributed by atoms with van der Waals surface area (Å²) in [6, 6.07) is 7.38. The molecule has 0 unspecified atom stereocenters. The summed E-state index contributed by atoms with van der Waals surface area (Å²) in [5.41, 5.74) is 7.33. The third kappa shape index (κ3) is 5.41. The zero-order valence-corrected chi connectivity index (χ0v) is 17.8. The maximum Gasteiger partial charge on any atom is 0.412 e. The second kappa shape index (κ2) is 9.48. The van der Waals surface area contributed by atoms with E-state index in [1.807, 2.05) is 43.1 Å². The average Bonchev–Trinajstić information content (AvgIpc) is 2.66. The number of ether oxygens (including phenoxy) is 1. The smallest absolute Gasteiger partial charge is 0.410 e. The van der Waals surface area contributed by atoms with Gasteiger partial charge in [0.25, 0.3) is 0 Å². The number of anilines is 1. The van der Waals surface area contributed by atoms with Crippen molar-refractivity contribution in [1.29, 1.82) is 0 Å². The molecule has 3 N–H and O–H groups in total. The first kappa shape index (κ1) is 21.4. The number of rotatable bonds is 6. The van der Waals surface area contributed by atoms with E-state index in [1.54, 1.807) is 12.1 Å². The van der Waals surface area contributed by atoms with Crippen LogP contribution < -0.4 is 20.7 Å². The van der Waals surface area contributed by atoms with Crippen LogP contribution in [0.3, 0.4) is 0 Å². The Labute approximate surface area is 173 Å². The molecule has 0 radical (unpaired) electrons. The minimum absolute atomic E-state index is 0.0615. The number of amides is 2. The Morgan fingerprint density at radius 2 is 1.66 bits per heavy atom. The van der Waals surface area contributed by atoms with Crippen molar-refractivity contribution in [3.8, 4) is 5.75 Å². The van der Waals surface area contributed by atoms with Crippen molar-refractivity contribution in [2.45, 2.75) is 63.1 Å². The molecular weight excluding hydrogens is 368 g/mol. The largest absolute Gasteiger partial charge is 0.412 e. The summed E-state index contributed by atoms with van der Waals surface area (Å²) in [6.45, 7) is 0. The summed E-state index contributed by atoms with van der Waals surface area (Å²) in [6.07, 6.45) is 6.25. The molecule has 0 bridgehead atoms. The number of benzene rings is 1. The van der Waals surface area contributed by atoms with E-state index in [4.69, 9.17) is 10.5 Å². The molecule has 1 atom stereocenters. The number of nitrogens with one attached hydrogen (secondary N) is 1. The molecule has 7 nitrogen and oxygen atoms in total. The number of likely N-dealkylation sites (N-methyl/N-ethyl adjacent to an activating group) is 1. The molecule has 0 aromatic heterocycles. The Balaban J connectivity index is 1.41. The van der Waals surface area contributed by atoms with Crippen molar-refractivity contribution in [1.82, 2.24) is 10.2 Å². The highest BCUT2D eigenvalue weighted by atomic mass is 16.6. The van der Waals surface area contributed by atoms with Crippen LogP contribution in [0.2, 0.25) is 0 Å². The Kier molecular flexibility index (Phi) is 7.00. The molecule has 0 heterocycles. The zero-order valence-electron chi connectivity index (χ0n) is 17.8. The Bertz CT molecular complexity index is 695. The molecule has 0 aliphatic heterocycles. The van der Waals surface area contributed by atoms with E-state index in [9.17, 15) is 9.59 Å². The van der Waals surface area contributed by atoms with E-state index in [2.05, 4.69) is 5.32 Å². The Morgan fingerprint density at radius 3 is 2.17 bits per heavy atom. The monoisotopic (exact) mass is 402 g/mol. The van der Waals surface area contributed by atoms with E-state index in [1.165, 1.54) is 6.42 Å². The fourth-order valence-corrected chi connectivity index (χ4v) is 4.13. The van der Waals surface area contributed by atoms with Gasteiger partial charge in [-0.2, -0.15) is 0 Å². The standard InChI is InChI=1S/C22H34N4O3/c1-25(2)17-11-13-19(14-12-17)29-22(28)24-16-9-7-15(8-10-16)20(23)21(27)26(3)18-5-4-6-18/h11-16,18,20H,4-10,23H2,1-3H3,(H,24,28)/t15?,16?,20-/m0/s1. The molecule has 0 saturated heterocycles. The molecule has 29 heavy (non-hydrogen) atoms. The zero-order chi connectivity index (χ0) is 21.0. The van der Waals surface area contributed by atoms with Crippen molar-refractivity contribution >= 4 is 17.7 Å². The van der Waals surface area contributed by atoms with Gasteiger partial charge in [0, 0.05) is 38.9 Å². The van der Waals surface area contributed by atoms with Gasteiger partial charge in [-0.25, -0.2) is 4.79 Å². The van der Waals surface area contributed by atoms with E-state index in [0.29, 0.717) is 11.8 Å². The van der Waals surface area contributed by atoms with Crippen LogP contribution in [-0.2, 0) is 4.79 Å². The summed E-state index contributed by atoms with van der Waals surface area (Å²) in [5, 5.41) is 2.94. The number of hydrogen-bond donors (Lipinski definition) is 2. The normalized spacial score (nSPS) is 22.9. The second-order valence-corrected chi connectivity index (χ2v) is 8.59. The highest BCUT2D eigenvalue weighted by Gasteiger charge is 2.34. The Hall–Kier alpha value is -2.28. The topological polar surface area (TPSA) is 87.9 Å². The number of hydrogen-bond acceptors (Lipinski definition) is 5. The maximum absolute atomic E-state index is 12.6. The molecule has 2 aliphatic rings. The predicted octanol–water partition coefficient (Wildman–Crippen LogP) is 2.74. The van der Waals surface area contributed by atoms with Crippen molar-refractivity contribution in [3.05, 3.63) is 24.3 Å². The molecule has 2 saturated carbocycles. The minimum Gasteiger partial charge on any atom is -0.410 e. The van der Waals surface area contributed by atoms with Crippen LogP contribution in [-0.4, -0.2) is 56.2 Å². The van der Waals surface area contributed by atoms with Crippen LogP contribution in [0.5, 0.6) is 5.75 Å². The predicted molar refractivity (Wildman–Crippen MR) is 114 cm³/mol. The van der Waals surface area contributed by atoms with Gasteiger partial charge in [-0.05, 0) is 75.1 Å². The van der Waals surface area contributed by atoms with Crippen molar-refractivity contribution < 1.29 is 14.3 Å². The first-order valence-electron chi connectivity index (χ1n) is 10.6. The lowest BCUT2D eigenvalue weighted by atomic mass is 9.81. The lowest BCUT2D eigenvalue weighted by Crippen LogP contribution is -2.52. The van der Waals surface area contributed by atoms with E-state index in [-0.39, 0.29) is 17.9 Å². The number of nitrogens with two attached hydrogens (primary N) is 1. The average molecular weight is 403 g/mol. The fourth-order valence-electron chi connectivity index (χ4n) is 4.13. The molecule has 2 amide bonds. The van der Waals surface area contributed by atoms with Gasteiger partial charge in [0.15, 0.2) is 0 Å². The van der Waals surface area contributed by atoms with Gasteiger partial charge in [-0.1, -0.05) is 0 Å². The van der Waals surface area contributed by atoms with Gasteiger partial charge in [0.05, 0.1) is 6.04 Å². The van der Waals surface area contributed by atoms with Gasteiger partial charge < -0.3 is 25.6 Å². The van der Waals surface area contributed by atoms with Crippen molar-refractivity contribution in [2.24, 2.45) is 11.7 Å². The highest BCUT2D eigenvalue weighted by Crippen LogP contribution is 2.29.